The summed E-state index contributed by atoms with van der Waals surface area (Å²) in [4.78, 5) is 26.7. The summed E-state index contributed by atoms with van der Waals surface area (Å²) in [7, 11) is 0. The lowest BCUT2D eigenvalue weighted by molar-refractivity contribution is -0.160. The molecule has 3 rings (SSSR count). The van der Waals surface area contributed by atoms with Gasteiger partial charge in [0.25, 0.3) is 5.91 Å². The molecule has 0 N–H and O–H groups in total. The molecule has 1 aromatic rings. The van der Waals surface area contributed by atoms with Crippen LogP contribution in [0.25, 0.3) is 0 Å². The molecule has 2 fully saturated rings. The van der Waals surface area contributed by atoms with Gasteiger partial charge in [-0.05, 0) is 43.4 Å². The molecule has 1 amide bonds. The quantitative estimate of drug-likeness (QED) is 0.795. The number of esters is 1. The first kappa shape index (κ1) is 16.9. The first-order valence-electron chi connectivity index (χ1n) is 8.83. The zero-order valence-corrected chi connectivity index (χ0v) is 13.9. The summed E-state index contributed by atoms with van der Waals surface area (Å²) in [6, 6.07) is 6.02. The van der Waals surface area contributed by atoms with Crippen LogP contribution in [0.4, 0.5) is 4.39 Å². The van der Waals surface area contributed by atoms with Crippen molar-refractivity contribution in [3.05, 3.63) is 35.6 Å². The Morgan fingerprint density at radius 1 is 1.00 bits per heavy atom. The van der Waals surface area contributed by atoms with Gasteiger partial charge in [0.15, 0.2) is 6.61 Å². The topological polar surface area (TPSA) is 46.6 Å². The molecule has 1 saturated carbocycles. The molecule has 1 aliphatic carbocycles. The van der Waals surface area contributed by atoms with E-state index in [4.69, 9.17) is 4.74 Å². The molecule has 0 aromatic heterocycles. The maximum absolute atomic E-state index is 13.1. The molecule has 5 heteroatoms. The average Bonchev–Trinajstić information content (AvgIpc) is 2.82. The van der Waals surface area contributed by atoms with Crippen LogP contribution in [0.2, 0.25) is 0 Å². The highest BCUT2D eigenvalue weighted by Crippen LogP contribution is 2.44. The van der Waals surface area contributed by atoms with Crippen LogP contribution in [0.3, 0.4) is 0 Å². The molecule has 0 unspecified atom stereocenters. The summed E-state index contributed by atoms with van der Waals surface area (Å²) in [5.74, 6) is -0.791. The van der Waals surface area contributed by atoms with Gasteiger partial charge >= 0.3 is 5.97 Å². The van der Waals surface area contributed by atoms with Gasteiger partial charge in [-0.25, -0.2) is 4.39 Å². The second-order valence-electron chi connectivity index (χ2n) is 6.81. The molecular weight excluding hydrogens is 309 g/mol. The van der Waals surface area contributed by atoms with Gasteiger partial charge in [0.2, 0.25) is 0 Å². The number of amides is 1. The van der Waals surface area contributed by atoms with Crippen LogP contribution < -0.4 is 0 Å². The smallest absolute Gasteiger partial charge is 0.317 e. The molecule has 130 valence electrons. The Kier molecular flexibility index (Phi) is 5.17. The van der Waals surface area contributed by atoms with Crippen molar-refractivity contribution < 1.29 is 18.7 Å². The van der Waals surface area contributed by atoms with Crippen molar-refractivity contribution in [2.45, 2.75) is 50.4 Å². The third kappa shape index (κ3) is 3.45. The zero-order chi connectivity index (χ0) is 17.0. The monoisotopic (exact) mass is 333 g/mol. The minimum Gasteiger partial charge on any atom is -0.455 e. The summed E-state index contributed by atoms with van der Waals surface area (Å²) in [6.45, 7) is 1.31. The van der Waals surface area contributed by atoms with Gasteiger partial charge in [-0.2, -0.15) is 0 Å². The largest absolute Gasteiger partial charge is 0.455 e. The summed E-state index contributed by atoms with van der Waals surface area (Å²) in [6.07, 6.45) is 6.64. The van der Waals surface area contributed by atoms with Crippen molar-refractivity contribution in [3.8, 4) is 0 Å². The molecule has 1 heterocycles. The summed E-state index contributed by atoms with van der Waals surface area (Å²) in [5.41, 5.74) is 0.0784. The first-order chi connectivity index (χ1) is 11.6. The average molecular weight is 333 g/mol. The van der Waals surface area contributed by atoms with Crippen LogP contribution in [0.15, 0.2) is 24.3 Å². The van der Waals surface area contributed by atoms with Gasteiger partial charge in [0, 0.05) is 13.1 Å². The Morgan fingerprint density at radius 2 is 1.62 bits per heavy atom. The molecule has 0 spiro atoms. The number of hydrogen-bond acceptors (Lipinski definition) is 3. The van der Waals surface area contributed by atoms with Gasteiger partial charge < -0.3 is 9.64 Å². The van der Waals surface area contributed by atoms with E-state index in [0.29, 0.717) is 12.8 Å². The van der Waals surface area contributed by atoms with E-state index in [1.54, 1.807) is 17.0 Å². The predicted molar refractivity (Wildman–Crippen MR) is 87.9 cm³/mol. The fourth-order valence-electron chi connectivity index (χ4n) is 3.59. The Balaban J connectivity index is 1.60. The molecule has 0 atom stereocenters. The van der Waals surface area contributed by atoms with E-state index < -0.39 is 5.41 Å². The Hall–Kier alpha value is -1.91. The molecule has 1 saturated heterocycles. The van der Waals surface area contributed by atoms with Gasteiger partial charge in [-0.3, -0.25) is 9.59 Å². The highest BCUT2D eigenvalue weighted by atomic mass is 19.1. The number of ether oxygens (including phenoxy) is 1. The lowest BCUT2D eigenvalue weighted by Crippen LogP contribution is -2.45. The number of hydrogen-bond donors (Lipinski definition) is 0. The Labute approximate surface area is 142 Å². The predicted octanol–water partition coefficient (Wildman–Crippen LogP) is 3.19. The van der Waals surface area contributed by atoms with Crippen molar-refractivity contribution >= 4 is 11.9 Å². The molecular formula is C19H24FNO3. The fourth-order valence-corrected chi connectivity index (χ4v) is 3.59. The highest BCUT2D eigenvalue weighted by molar-refractivity contribution is 5.87. The number of likely N-dealkylation sites (tertiary alicyclic amines) is 1. The minimum absolute atomic E-state index is 0.112. The lowest BCUT2D eigenvalue weighted by Gasteiger charge is -2.39. The standard InChI is InChI=1S/C19H24FNO3/c20-16-8-6-15(7-9-16)19(10-5-11-19)18(23)24-14-17(22)21-12-3-1-2-4-13-21/h6-9H,1-5,10-14H2. The molecule has 0 radical (unpaired) electrons. The van der Waals surface area contributed by atoms with Crippen molar-refractivity contribution in [3.63, 3.8) is 0 Å². The SMILES string of the molecule is O=C(COC(=O)C1(c2ccc(F)cc2)CCC1)N1CCCCCC1. The van der Waals surface area contributed by atoms with Gasteiger partial charge in [0.1, 0.15) is 5.82 Å². The Morgan fingerprint density at radius 3 is 2.17 bits per heavy atom. The molecule has 1 aliphatic heterocycles. The number of halogens is 1. The summed E-state index contributed by atoms with van der Waals surface area (Å²) in [5, 5.41) is 0. The number of benzene rings is 1. The zero-order valence-electron chi connectivity index (χ0n) is 13.9. The number of carbonyl (C=O) groups is 2. The van der Waals surface area contributed by atoms with Crippen LogP contribution in [-0.2, 0) is 19.7 Å². The van der Waals surface area contributed by atoms with E-state index in [1.807, 2.05) is 0 Å². The van der Waals surface area contributed by atoms with Crippen molar-refractivity contribution in [1.29, 1.82) is 0 Å². The molecule has 2 aliphatic rings. The molecule has 0 bridgehead atoms. The molecule has 1 aromatic carbocycles. The van der Waals surface area contributed by atoms with E-state index in [9.17, 15) is 14.0 Å². The van der Waals surface area contributed by atoms with Crippen LogP contribution >= 0.6 is 0 Å². The summed E-state index contributed by atoms with van der Waals surface area (Å²) < 4.78 is 18.5. The van der Waals surface area contributed by atoms with Gasteiger partial charge in [0.05, 0.1) is 5.41 Å². The number of carbonyl (C=O) groups excluding carboxylic acids is 2. The minimum atomic E-state index is -0.702. The second kappa shape index (κ2) is 7.32. The van der Waals surface area contributed by atoms with Gasteiger partial charge in [-0.1, -0.05) is 31.4 Å². The van der Waals surface area contributed by atoms with Crippen molar-refractivity contribution in [1.82, 2.24) is 4.90 Å². The lowest BCUT2D eigenvalue weighted by atomic mass is 9.64. The maximum Gasteiger partial charge on any atom is 0.317 e. The Bertz CT molecular complexity index is 587. The van der Waals surface area contributed by atoms with E-state index in [1.165, 1.54) is 12.1 Å². The van der Waals surface area contributed by atoms with Crippen LogP contribution in [-0.4, -0.2) is 36.5 Å². The number of nitrogens with zero attached hydrogens (tertiary/aromatic N) is 1. The number of rotatable bonds is 4. The normalized spacial score (nSPS) is 20.0. The molecule has 4 nitrogen and oxygen atoms in total. The van der Waals surface area contributed by atoms with E-state index in [0.717, 1.165) is 50.8 Å². The fraction of sp³-hybridized carbons (Fsp3) is 0.579. The van der Waals surface area contributed by atoms with E-state index in [-0.39, 0.29) is 24.3 Å². The van der Waals surface area contributed by atoms with Crippen molar-refractivity contribution in [2.75, 3.05) is 19.7 Å². The third-order valence-corrected chi connectivity index (χ3v) is 5.28. The third-order valence-electron chi connectivity index (χ3n) is 5.28. The second-order valence-corrected chi connectivity index (χ2v) is 6.81. The maximum atomic E-state index is 13.1. The van der Waals surface area contributed by atoms with Crippen molar-refractivity contribution in [2.24, 2.45) is 0 Å². The van der Waals surface area contributed by atoms with Gasteiger partial charge in [-0.15, -0.1) is 0 Å². The summed E-state index contributed by atoms with van der Waals surface area (Å²) >= 11 is 0. The van der Waals surface area contributed by atoms with Crippen LogP contribution in [0.5, 0.6) is 0 Å². The first-order valence-corrected chi connectivity index (χ1v) is 8.83. The van der Waals surface area contributed by atoms with Crippen LogP contribution in [0, 0.1) is 5.82 Å². The van der Waals surface area contributed by atoms with Crippen LogP contribution in [0.1, 0.15) is 50.5 Å². The van der Waals surface area contributed by atoms with E-state index in [2.05, 4.69) is 0 Å². The molecule has 24 heavy (non-hydrogen) atoms. The highest BCUT2D eigenvalue weighted by Gasteiger charge is 2.47. The van der Waals surface area contributed by atoms with E-state index >= 15 is 0 Å².